The molecule has 4 heteroatoms. The molecule has 0 spiro atoms. The molecule has 1 aromatic carbocycles. The van der Waals surface area contributed by atoms with Crippen LogP contribution in [0.5, 0.6) is 5.75 Å². The van der Waals surface area contributed by atoms with Crippen LogP contribution in [0.4, 0.5) is 0 Å². The number of carbonyl (C=O) groups is 1. The van der Waals surface area contributed by atoms with Crippen LogP contribution in [0.15, 0.2) is 29.4 Å². The molecule has 0 unspecified atom stereocenters. The van der Waals surface area contributed by atoms with Gasteiger partial charge in [0, 0.05) is 12.0 Å². The van der Waals surface area contributed by atoms with Gasteiger partial charge in [-0.1, -0.05) is 57.6 Å². The van der Waals surface area contributed by atoms with Gasteiger partial charge >= 0.3 is 0 Å². The zero-order valence-corrected chi connectivity index (χ0v) is 14.5. The van der Waals surface area contributed by atoms with E-state index >= 15 is 0 Å². The third-order valence-corrected chi connectivity index (χ3v) is 3.62. The minimum Gasteiger partial charge on any atom is -0.493 e. The van der Waals surface area contributed by atoms with E-state index in [9.17, 15) is 4.79 Å². The van der Waals surface area contributed by atoms with E-state index in [2.05, 4.69) is 17.5 Å². The lowest BCUT2D eigenvalue weighted by atomic mass is 10.1. The molecular formula is C19H30N2O2. The first kappa shape index (κ1) is 19.2. The Morgan fingerprint density at radius 1 is 1.09 bits per heavy atom. The van der Waals surface area contributed by atoms with Gasteiger partial charge in [0.05, 0.1) is 12.8 Å². The lowest BCUT2D eigenvalue weighted by molar-refractivity contribution is -0.121. The molecule has 0 radical (unpaired) electrons. The summed E-state index contributed by atoms with van der Waals surface area (Å²) in [5.74, 6) is 0.753. The predicted molar refractivity (Wildman–Crippen MR) is 96.0 cm³/mol. The summed E-state index contributed by atoms with van der Waals surface area (Å²) in [7, 11) is 0. The Labute approximate surface area is 140 Å². The minimum atomic E-state index is -0.0244. The minimum absolute atomic E-state index is 0.0244. The molecule has 1 N–H and O–H groups in total. The predicted octanol–water partition coefficient (Wildman–Crippen LogP) is 4.68. The molecule has 0 fully saturated rings. The molecular weight excluding hydrogens is 288 g/mol. The van der Waals surface area contributed by atoms with Crippen molar-refractivity contribution in [3.8, 4) is 5.75 Å². The smallest absolute Gasteiger partial charge is 0.240 e. The lowest BCUT2D eigenvalue weighted by Gasteiger charge is -2.05. The summed E-state index contributed by atoms with van der Waals surface area (Å²) < 4.78 is 5.51. The Morgan fingerprint density at radius 2 is 1.78 bits per heavy atom. The molecule has 128 valence electrons. The third kappa shape index (κ3) is 9.01. The maximum absolute atomic E-state index is 11.7. The maximum atomic E-state index is 11.7. The average Bonchev–Trinajstić information content (AvgIpc) is 2.56. The Kier molecular flexibility index (Phi) is 10.6. The van der Waals surface area contributed by atoms with Crippen LogP contribution in [-0.2, 0) is 4.79 Å². The van der Waals surface area contributed by atoms with Crippen LogP contribution in [-0.4, -0.2) is 18.7 Å². The largest absolute Gasteiger partial charge is 0.493 e. The number of hydrogen-bond acceptors (Lipinski definition) is 3. The van der Waals surface area contributed by atoms with E-state index in [0.717, 1.165) is 24.2 Å². The fourth-order valence-electron chi connectivity index (χ4n) is 2.35. The summed E-state index contributed by atoms with van der Waals surface area (Å²) in [6.45, 7) is 4.77. The second-order valence-corrected chi connectivity index (χ2v) is 5.64. The molecule has 1 rings (SSSR count). The van der Waals surface area contributed by atoms with Gasteiger partial charge in [-0.05, 0) is 25.5 Å². The number of carbonyl (C=O) groups excluding carboxylic acids is 1. The zero-order valence-electron chi connectivity index (χ0n) is 14.5. The fourth-order valence-corrected chi connectivity index (χ4v) is 2.35. The number of unbranched alkanes of at least 4 members (excludes halogenated alkanes) is 6. The second kappa shape index (κ2) is 12.7. The van der Waals surface area contributed by atoms with Crippen LogP contribution in [0, 0.1) is 0 Å². The highest BCUT2D eigenvalue weighted by Gasteiger charge is 2.01. The molecule has 0 saturated heterocycles. The van der Waals surface area contributed by atoms with Crippen molar-refractivity contribution in [2.45, 2.75) is 65.2 Å². The first-order chi connectivity index (χ1) is 11.3. The molecule has 0 aliphatic carbocycles. The van der Waals surface area contributed by atoms with Crippen molar-refractivity contribution in [2.24, 2.45) is 5.10 Å². The van der Waals surface area contributed by atoms with Crippen molar-refractivity contribution in [1.29, 1.82) is 0 Å². The van der Waals surface area contributed by atoms with E-state index in [1.54, 1.807) is 6.21 Å². The topological polar surface area (TPSA) is 50.7 Å². The Hall–Kier alpha value is -1.84. The number of para-hydroxylation sites is 1. The van der Waals surface area contributed by atoms with Crippen LogP contribution < -0.4 is 10.2 Å². The van der Waals surface area contributed by atoms with Crippen molar-refractivity contribution < 1.29 is 9.53 Å². The summed E-state index contributed by atoms with van der Waals surface area (Å²) in [4.78, 5) is 11.7. The number of hydrogen-bond donors (Lipinski definition) is 1. The second-order valence-electron chi connectivity index (χ2n) is 5.64. The van der Waals surface area contributed by atoms with Gasteiger partial charge in [-0.3, -0.25) is 4.79 Å². The summed E-state index contributed by atoms with van der Waals surface area (Å²) in [5, 5.41) is 4.02. The van der Waals surface area contributed by atoms with E-state index in [4.69, 9.17) is 4.74 Å². The number of ether oxygens (including phenoxy) is 1. The van der Waals surface area contributed by atoms with Crippen LogP contribution in [0.1, 0.15) is 70.8 Å². The van der Waals surface area contributed by atoms with E-state index in [1.807, 2.05) is 31.2 Å². The van der Waals surface area contributed by atoms with Crippen molar-refractivity contribution in [3.63, 3.8) is 0 Å². The molecule has 0 aliphatic heterocycles. The molecule has 1 amide bonds. The summed E-state index contributed by atoms with van der Waals surface area (Å²) in [6, 6.07) is 7.65. The molecule has 0 saturated carbocycles. The van der Waals surface area contributed by atoms with Gasteiger partial charge in [0.1, 0.15) is 5.75 Å². The first-order valence-electron chi connectivity index (χ1n) is 8.81. The molecule has 0 atom stereocenters. The lowest BCUT2D eigenvalue weighted by Crippen LogP contribution is -2.17. The zero-order chi connectivity index (χ0) is 16.8. The monoisotopic (exact) mass is 318 g/mol. The van der Waals surface area contributed by atoms with Gasteiger partial charge in [0.25, 0.3) is 0 Å². The van der Waals surface area contributed by atoms with Crippen LogP contribution in [0.25, 0.3) is 0 Å². The van der Waals surface area contributed by atoms with E-state index in [0.29, 0.717) is 13.0 Å². The molecule has 23 heavy (non-hydrogen) atoms. The molecule has 0 aromatic heterocycles. The Bertz CT molecular complexity index is 472. The molecule has 4 nitrogen and oxygen atoms in total. The third-order valence-electron chi connectivity index (χ3n) is 3.62. The highest BCUT2D eigenvalue weighted by Crippen LogP contribution is 2.15. The molecule has 0 heterocycles. The first-order valence-corrected chi connectivity index (χ1v) is 8.81. The number of hydrazone groups is 1. The van der Waals surface area contributed by atoms with E-state index in [1.165, 1.54) is 32.1 Å². The van der Waals surface area contributed by atoms with Gasteiger partial charge in [0.2, 0.25) is 5.91 Å². The van der Waals surface area contributed by atoms with Gasteiger partial charge in [-0.15, -0.1) is 0 Å². The summed E-state index contributed by atoms with van der Waals surface area (Å²) in [6.07, 6.45) is 10.6. The fraction of sp³-hybridized carbons (Fsp3) is 0.579. The van der Waals surface area contributed by atoms with Crippen LogP contribution in [0.3, 0.4) is 0 Å². The Morgan fingerprint density at radius 3 is 2.52 bits per heavy atom. The number of nitrogens with one attached hydrogen (secondary N) is 1. The van der Waals surface area contributed by atoms with Gasteiger partial charge in [0.15, 0.2) is 0 Å². The molecule has 0 aliphatic rings. The van der Waals surface area contributed by atoms with Crippen molar-refractivity contribution in [3.05, 3.63) is 29.8 Å². The standard InChI is InChI=1S/C19H30N2O2/c1-3-5-6-7-8-9-10-15-19(22)21-20-16-17-13-11-12-14-18(17)23-4-2/h11-14,16H,3-10,15H2,1-2H3,(H,21,22). The normalized spacial score (nSPS) is 10.9. The number of benzene rings is 1. The Balaban J connectivity index is 2.20. The maximum Gasteiger partial charge on any atom is 0.240 e. The van der Waals surface area contributed by atoms with Crippen molar-refractivity contribution in [2.75, 3.05) is 6.61 Å². The summed E-state index contributed by atoms with van der Waals surface area (Å²) in [5.41, 5.74) is 3.45. The van der Waals surface area contributed by atoms with Gasteiger partial charge in [-0.25, -0.2) is 5.43 Å². The van der Waals surface area contributed by atoms with E-state index < -0.39 is 0 Å². The van der Waals surface area contributed by atoms with Gasteiger partial charge in [-0.2, -0.15) is 5.10 Å². The SMILES string of the molecule is CCCCCCCCCC(=O)NN=Cc1ccccc1OCC. The van der Waals surface area contributed by atoms with Crippen LogP contribution in [0.2, 0.25) is 0 Å². The number of nitrogens with zero attached hydrogens (tertiary/aromatic N) is 1. The number of rotatable bonds is 12. The van der Waals surface area contributed by atoms with Crippen LogP contribution >= 0.6 is 0 Å². The highest BCUT2D eigenvalue weighted by atomic mass is 16.5. The average molecular weight is 318 g/mol. The van der Waals surface area contributed by atoms with Gasteiger partial charge < -0.3 is 4.74 Å². The van der Waals surface area contributed by atoms with Crippen molar-refractivity contribution >= 4 is 12.1 Å². The number of amides is 1. The van der Waals surface area contributed by atoms with Crippen molar-refractivity contribution in [1.82, 2.24) is 5.43 Å². The molecule has 1 aromatic rings. The summed E-state index contributed by atoms with van der Waals surface area (Å²) >= 11 is 0. The highest BCUT2D eigenvalue weighted by molar-refractivity contribution is 5.85. The van der Waals surface area contributed by atoms with E-state index in [-0.39, 0.29) is 5.91 Å². The quantitative estimate of drug-likeness (QED) is 0.346. The molecule has 0 bridgehead atoms.